The molecule has 3 amide bonds. The van der Waals surface area contributed by atoms with E-state index in [-0.39, 0.29) is 23.9 Å². The second-order valence-corrected chi connectivity index (χ2v) is 15.2. The van der Waals surface area contributed by atoms with Crippen molar-refractivity contribution in [2.75, 3.05) is 17.2 Å². The van der Waals surface area contributed by atoms with Gasteiger partial charge in [-0.1, -0.05) is 61.5 Å². The SMILES string of the molecule is CCOC(=O)c1c(NC(=O)C(Sc2cccc(NC(=O)/C(=C\c3ccc([N+](=O)[O-])cc3)NC(=O)c3ccccc3)c2)c2ccccc2)sc2c1CCC(C)C2. The van der Waals surface area contributed by atoms with Crippen LogP contribution in [-0.4, -0.2) is 35.2 Å². The smallest absolute Gasteiger partial charge is 0.341 e. The monoisotopic (exact) mass is 774 g/mol. The van der Waals surface area contributed by atoms with Crippen LogP contribution in [0.15, 0.2) is 120 Å². The highest BCUT2D eigenvalue weighted by Gasteiger charge is 2.31. The summed E-state index contributed by atoms with van der Waals surface area (Å²) in [7, 11) is 0. The lowest BCUT2D eigenvalue weighted by Gasteiger charge is -2.19. The fourth-order valence-corrected chi connectivity index (χ4v) is 8.60. The van der Waals surface area contributed by atoms with Crippen LogP contribution in [0.4, 0.5) is 16.4 Å². The standard InChI is InChI=1S/C42H38N4O7S2/c1-3-53-42(50)36-33-22-17-26(2)23-35(33)55-41(36)45-40(49)37(28-11-6-4-7-12-28)54-32-16-10-15-30(25-32)43-39(48)34(44-38(47)29-13-8-5-9-14-29)24-27-18-20-31(21-19-27)46(51)52/h4-16,18-21,24-26,37H,3,17,22-23H2,1-2H3,(H,43,48)(H,44,47)(H,45,49)/b34-24+. The van der Waals surface area contributed by atoms with Gasteiger partial charge in [-0.15, -0.1) is 23.1 Å². The van der Waals surface area contributed by atoms with Crippen molar-refractivity contribution in [2.24, 2.45) is 5.92 Å². The highest BCUT2D eigenvalue weighted by Crippen LogP contribution is 2.42. The molecule has 6 rings (SSSR count). The highest BCUT2D eigenvalue weighted by atomic mass is 32.2. The molecule has 0 radical (unpaired) electrons. The summed E-state index contributed by atoms with van der Waals surface area (Å²) in [6.07, 6.45) is 3.96. The molecule has 1 aliphatic rings. The molecule has 0 aliphatic heterocycles. The minimum Gasteiger partial charge on any atom is -0.462 e. The zero-order chi connectivity index (χ0) is 38.9. The molecule has 1 aliphatic carbocycles. The molecule has 0 fully saturated rings. The number of nitro groups is 1. The average Bonchev–Trinajstić information content (AvgIpc) is 3.54. The zero-order valence-corrected chi connectivity index (χ0v) is 31.7. The van der Waals surface area contributed by atoms with Crippen molar-refractivity contribution in [1.82, 2.24) is 5.32 Å². The first-order valence-corrected chi connectivity index (χ1v) is 19.4. The molecular formula is C42H38N4O7S2. The summed E-state index contributed by atoms with van der Waals surface area (Å²) in [6, 6.07) is 30.3. The van der Waals surface area contributed by atoms with Crippen LogP contribution >= 0.6 is 23.1 Å². The molecule has 0 bridgehead atoms. The van der Waals surface area contributed by atoms with Crippen molar-refractivity contribution in [2.45, 2.75) is 43.3 Å². The van der Waals surface area contributed by atoms with E-state index in [1.54, 1.807) is 55.5 Å². The lowest BCUT2D eigenvalue weighted by atomic mass is 9.88. The fourth-order valence-electron chi connectivity index (χ4n) is 6.12. The second-order valence-electron chi connectivity index (χ2n) is 12.9. The van der Waals surface area contributed by atoms with Gasteiger partial charge in [-0.25, -0.2) is 4.79 Å². The van der Waals surface area contributed by atoms with Gasteiger partial charge in [0.25, 0.3) is 17.5 Å². The van der Waals surface area contributed by atoms with Crippen LogP contribution in [0.2, 0.25) is 0 Å². The van der Waals surface area contributed by atoms with Gasteiger partial charge in [-0.3, -0.25) is 24.5 Å². The number of thiophene rings is 1. The van der Waals surface area contributed by atoms with Gasteiger partial charge in [0, 0.05) is 33.2 Å². The third-order valence-corrected chi connectivity index (χ3v) is 11.3. The number of carbonyl (C=O) groups is 4. The van der Waals surface area contributed by atoms with E-state index in [0.29, 0.717) is 38.2 Å². The van der Waals surface area contributed by atoms with Crippen molar-refractivity contribution in [1.29, 1.82) is 0 Å². The molecule has 280 valence electrons. The Morgan fingerprint density at radius 1 is 0.945 bits per heavy atom. The van der Waals surface area contributed by atoms with Crippen molar-refractivity contribution < 1.29 is 28.8 Å². The van der Waals surface area contributed by atoms with Gasteiger partial charge in [0.15, 0.2) is 0 Å². The molecule has 2 atom stereocenters. The van der Waals surface area contributed by atoms with Crippen molar-refractivity contribution in [3.63, 3.8) is 0 Å². The number of hydrogen-bond acceptors (Lipinski definition) is 9. The Kier molecular flexibility index (Phi) is 12.5. The van der Waals surface area contributed by atoms with Gasteiger partial charge in [-0.05, 0) is 97.3 Å². The number of anilines is 2. The first-order valence-electron chi connectivity index (χ1n) is 17.7. The number of fused-ring (bicyclic) bond motifs is 1. The molecule has 0 saturated heterocycles. The lowest BCUT2D eigenvalue weighted by molar-refractivity contribution is -0.384. The van der Waals surface area contributed by atoms with Crippen LogP contribution in [-0.2, 0) is 27.2 Å². The summed E-state index contributed by atoms with van der Waals surface area (Å²) >= 11 is 2.71. The number of rotatable bonds is 13. The molecule has 0 spiro atoms. The number of nitrogens with zero attached hydrogens (tertiary/aromatic N) is 1. The topological polar surface area (TPSA) is 157 Å². The maximum Gasteiger partial charge on any atom is 0.341 e. The molecule has 5 aromatic rings. The van der Waals surface area contributed by atoms with Gasteiger partial charge in [0.1, 0.15) is 15.9 Å². The highest BCUT2D eigenvalue weighted by molar-refractivity contribution is 8.00. The Balaban J connectivity index is 1.25. The first-order chi connectivity index (χ1) is 26.6. The van der Waals surface area contributed by atoms with Crippen molar-refractivity contribution in [3.8, 4) is 0 Å². The van der Waals surface area contributed by atoms with Crippen molar-refractivity contribution in [3.05, 3.63) is 158 Å². The van der Waals surface area contributed by atoms with E-state index in [1.807, 2.05) is 36.4 Å². The van der Waals surface area contributed by atoms with Gasteiger partial charge in [0.2, 0.25) is 5.91 Å². The van der Waals surface area contributed by atoms with Crippen LogP contribution in [0.5, 0.6) is 0 Å². The Morgan fingerprint density at radius 2 is 1.65 bits per heavy atom. The second kappa shape index (κ2) is 17.9. The predicted octanol–water partition coefficient (Wildman–Crippen LogP) is 8.84. The normalized spacial score (nSPS) is 14.2. The molecule has 4 aromatic carbocycles. The van der Waals surface area contributed by atoms with E-state index in [1.165, 1.54) is 53.4 Å². The quantitative estimate of drug-likeness (QED) is 0.0352. The largest absolute Gasteiger partial charge is 0.462 e. The summed E-state index contributed by atoms with van der Waals surface area (Å²) in [5.41, 5.74) is 3.10. The van der Waals surface area contributed by atoms with Crippen LogP contribution in [0.1, 0.15) is 67.8 Å². The molecule has 55 heavy (non-hydrogen) atoms. The van der Waals surface area contributed by atoms with Crippen LogP contribution in [0.3, 0.4) is 0 Å². The molecule has 3 N–H and O–H groups in total. The molecule has 2 unspecified atom stereocenters. The average molecular weight is 775 g/mol. The number of esters is 1. The number of thioether (sulfide) groups is 1. The molecule has 1 aromatic heterocycles. The minimum atomic E-state index is -0.733. The number of hydrogen-bond donors (Lipinski definition) is 3. The molecule has 13 heteroatoms. The van der Waals surface area contributed by atoms with E-state index in [4.69, 9.17) is 4.74 Å². The van der Waals surface area contributed by atoms with Gasteiger partial charge >= 0.3 is 5.97 Å². The van der Waals surface area contributed by atoms with E-state index < -0.39 is 28.0 Å². The molecule has 11 nitrogen and oxygen atoms in total. The number of benzene rings is 4. The summed E-state index contributed by atoms with van der Waals surface area (Å²) < 4.78 is 5.42. The van der Waals surface area contributed by atoms with Crippen LogP contribution in [0.25, 0.3) is 6.08 Å². The Labute approximate surface area is 326 Å². The first kappa shape index (κ1) is 38.7. The van der Waals surface area contributed by atoms with Gasteiger partial charge in [0.05, 0.1) is 17.1 Å². The third kappa shape index (κ3) is 9.74. The maximum atomic E-state index is 14.2. The van der Waals surface area contributed by atoms with E-state index >= 15 is 0 Å². The number of carbonyl (C=O) groups excluding carboxylic acids is 4. The number of nitro benzene ring substituents is 1. The Hall–Kier alpha value is -6.05. The Morgan fingerprint density at radius 3 is 2.35 bits per heavy atom. The lowest BCUT2D eigenvalue weighted by Crippen LogP contribution is -2.30. The number of non-ortho nitro benzene ring substituents is 1. The summed E-state index contributed by atoms with van der Waals surface area (Å²) in [6.45, 7) is 4.16. The van der Waals surface area contributed by atoms with Crippen molar-refractivity contribution >= 4 is 69.2 Å². The minimum absolute atomic E-state index is 0.0901. The van der Waals surface area contributed by atoms with E-state index in [0.717, 1.165) is 35.3 Å². The van der Waals surface area contributed by atoms with E-state index in [2.05, 4.69) is 22.9 Å². The third-order valence-electron chi connectivity index (χ3n) is 8.86. The molecule has 1 heterocycles. The predicted molar refractivity (Wildman–Crippen MR) is 215 cm³/mol. The summed E-state index contributed by atoms with van der Waals surface area (Å²) in [5, 5.41) is 19.5. The summed E-state index contributed by atoms with van der Waals surface area (Å²) in [5.74, 6) is -1.44. The maximum absolute atomic E-state index is 14.2. The summed E-state index contributed by atoms with van der Waals surface area (Å²) in [4.78, 5) is 66.7. The molecule has 0 saturated carbocycles. The molecular weight excluding hydrogens is 737 g/mol. The van der Waals surface area contributed by atoms with Crippen LogP contribution in [0, 0.1) is 16.0 Å². The number of ether oxygens (including phenoxy) is 1. The number of nitrogens with one attached hydrogen (secondary N) is 3. The fraction of sp³-hybridized carbons (Fsp3) is 0.190. The van der Waals surface area contributed by atoms with Gasteiger partial charge < -0.3 is 20.7 Å². The zero-order valence-electron chi connectivity index (χ0n) is 30.1. The number of amides is 3. The van der Waals surface area contributed by atoms with E-state index in [9.17, 15) is 29.3 Å². The Bertz CT molecular complexity index is 2240. The van der Waals surface area contributed by atoms with Crippen LogP contribution < -0.4 is 16.0 Å². The van der Waals surface area contributed by atoms with Gasteiger partial charge in [-0.2, -0.15) is 0 Å².